The molecule has 2 aromatic heterocycles. The lowest BCUT2D eigenvalue weighted by atomic mass is 10.1. The quantitative estimate of drug-likeness (QED) is 0.650. The van der Waals surface area contributed by atoms with Crippen LogP contribution in [-0.2, 0) is 0 Å². The van der Waals surface area contributed by atoms with E-state index in [1.807, 2.05) is 18.2 Å². The van der Waals surface area contributed by atoms with Crippen LogP contribution in [0.1, 0.15) is 10.6 Å². The smallest absolute Gasteiger partial charge is 0.194 e. The molecular formula is C13H10F2N2S. The standard InChI is InChI=1S/C13H10F2N2S/c1-7-8(2)18-13-16-12(6-17(7)13)10-5-9(14)3-4-11(10)15/h3-6H,1-2H3. The van der Waals surface area contributed by atoms with Crippen LogP contribution in [-0.4, -0.2) is 9.38 Å². The van der Waals surface area contributed by atoms with E-state index in [0.717, 1.165) is 22.8 Å². The zero-order valence-corrected chi connectivity index (χ0v) is 10.7. The molecule has 3 rings (SSSR count). The summed E-state index contributed by atoms with van der Waals surface area (Å²) in [5.74, 6) is -0.924. The number of thiazole rings is 1. The van der Waals surface area contributed by atoms with Crippen molar-refractivity contribution < 1.29 is 8.78 Å². The number of benzene rings is 1. The first-order chi connectivity index (χ1) is 8.56. The first kappa shape index (κ1) is 11.3. The fourth-order valence-corrected chi connectivity index (χ4v) is 2.83. The van der Waals surface area contributed by atoms with Crippen molar-refractivity contribution in [3.8, 4) is 11.3 Å². The molecule has 1 aromatic carbocycles. The van der Waals surface area contributed by atoms with Gasteiger partial charge in [-0.3, -0.25) is 4.40 Å². The maximum Gasteiger partial charge on any atom is 0.194 e. The molecule has 0 spiro atoms. The molecule has 0 aliphatic carbocycles. The summed E-state index contributed by atoms with van der Waals surface area (Å²) < 4.78 is 28.7. The van der Waals surface area contributed by atoms with Gasteiger partial charge in [-0.25, -0.2) is 13.8 Å². The zero-order valence-electron chi connectivity index (χ0n) is 9.87. The van der Waals surface area contributed by atoms with Gasteiger partial charge in [-0.15, -0.1) is 11.3 Å². The normalized spacial score (nSPS) is 11.3. The maximum atomic E-state index is 13.7. The van der Waals surface area contributed by atoms with Gasteiger partial charge in [-0.2, -0.15) is 0 Å². The van der Waals surface area contributed by atoms with Crippen molar-refractivity contribution in [2.45, 2.75) is 13.8 Å². The number of rotatable bonds is 1. The maximum absolute atomic E-state index is 13.7. The van der Waals surface area contributed by atoms with Gasteiger partial charge in [0, 0.05) is 22.3 Å². The fourth-order valence-electron chi connectivity index (χ4n) is 1.88. The molecule has 18 heavy (non-hydrogen) atoms. The minimum absolute atomic E-state index is 0.197. The number of halogens is 2. The van der Waals surface area contributed by atoms with Gasteiger partial charge in [0.15, 0.2) is 4.96 Å². The lowest BCUT2D eigenvalue weighted by molar-refractivity contribution is 0.603. The second-order valence-corrected chi connectivity index (χ2v) is 5.33. The molecule has 0 radical (unpaired) electrons. The first-order valence-electron chi connectivity index (χ1n) is 5.47. The van der Waals surface area contributed by atoms with Crippen molar-refractivity contribution in [1.29, 1.82) is 0 Å². The highest BCUT2D eigenvalue weighted by molar-refractivity contribution is 7.17. The van der Waals surface area contributed by atoms with Gasteiger partial charge in [0.1, 0.15) is 11.6 Å². The minimum atomic E-state index is -0.462. The van der Waals surface area contributed by atoms with Gasteiger partial charge in [0.25, 0.3) is 0 Å². The van der Waals surface area contributed by atoms with Gasteiger partial charge in [-0.1, -0.05) is 0 Å². The second kappa shape index (κ2) is 3.88. The Morgan fingerprint density at radius 1 is 1.22 bits per heavy atom. The van der Waals surface area contributed by atoms with Crippen molar-refractivity contribution >= 4 is 16.3 Å². The molecule has 0 aliphatic rings. The Kier molecular flexibility index (Phi) is 2.45. The van der Waals surface area contributed by atoms with Crippen LogP contribution in [0.2, 0.25) is 0 Å². The lowest BCUT2D eigenvalue weighted by Crippen LogP contribution is -1.86. The second-order valence-electron chi connectivity index (χ2n) is 4.15. The number of nitrogens with zero attached hydrogens (tertiary/aromatic N) is 2. The third-order valence-corrected chi connectivity index (χ3v) is 4.07. The summed E-state index contributed by atoms with van der Waals surface area (Å²) in [6.45, 7) is 3.99. The molecule has 0 N–H and O–H groups in total. The van der Waals surface area contributed by atoms with E-state index in [1.54, 1.807) is 6.20 Å². The first-order valence-corrected chi connectivity index (χ1v) is 6.28. The molecule has 0 aliphatic heterocycles. The molecular weight excluding hydrogens is 254 g/mol. The largest absolute Gasteiger partial charge is 0.294 e. The number of fused-ring (bicyclic) bond motifs is 1. The summed E-state index contributed by atoms with van der Waals surface area (Å²) in [6.07, 6.45) is 1.74. The molecule has 2 heterocycles. The van der Waals surface area contributed by atoms with Gasteiger partial charge in [-0.05, 0) is 32.0 Å². The molecule has 0 saturated heterocycles. The van der Waals surface area contributed by atoms with Crippen molar-refractivity contribution in [3.05, 3.63) is 46.6 Å². The molecule has 5 heteroatoms. The van der Waals surface area contributed by atoms with Crippen molar-refractivity contribution in [2.75, 3.05) is 0 Å². The third-order valence-electron chi connectivity index (χ3n) is 2.99. The number of hydrogen-bond acceptors (Lipinski definition) is 2. The van der Waals surface area contributed by atoms with Crippen molar-refractivity contribution in [3.63, 3.8) is 0 Å². The molecule has 3 aromatic rings. The number of hydrogen-bond donors (Lipinski definition) is 0. The lowest BCUT2D eigenvalue weighted by Gasteiger charge is -1.99. The number of aromatic nitrogens is 2. The van der Waals surface area contributed by atoms with Crippen molar-refractivity contribution in [1.82, 2.24) is 9.38 Å². The Balaban J connectivity index is 2.22. The molecule has 0 saturated carbocycles. The van der Waals surface area contributed by atoms with Crippen LogP contribution < -0.4 is 0 Å². The van der Waals surface area contributed by atoms with Gasteiger partial charge >= 0.3 is 0 Å². The Morgan fingerprint density at radius 3 is 2.72 bits per heavy atom. The van der Waals surface area contributed by atoms with E-state index in [0.29, 0.717) is 5.69 Å². The van der Waals surface area contributed by atoms with Crippen LogP contribution in [0.15, 0.2) is 24.4 Å². The van der Waals surface area contributed by atoms with E-state index >= 15 is 0 Å². The highest BCUT2D eigenvalue weighted by Gasteiger charge is 2.13. The fraction of sp³-hybridized carbons (Fsp3) is 0.154. The Morgan fingerprint density at radius 2 is 2.00 bits per heavy atom. The Labute approximate surface area is 107 Å². The van der Waals surface area contributed by atoms with Crippen LogP contribution in [0.4, 0.5) is 8.78 Å². The highest BCUT2D eigenvalue weighted by atomic mass is 32.1. The highest BCUT2D eigenvalue weighted by Crippen LogP contribution is 2.28. The van der Waals surface area contributed by atoms with E-state index in [4.69, 9.17) is 0 Å². The van der Waals surface area contributed by atoms with E-state index in [-0.39, 0.29) is 5.56 Å². The molecule has 0 atom stereocenters. The summed E-state index contributed by atoms with van der Waals surface area (Å²) in [5, 5.41) is 0. The van der Waals surface area contributed by atoms with Crippen LogP contribution in [0, 0.1) is 25.5 Å². The number of aryl methyl sites for hydroxylation is 2. The van der Waals surface area contributed by atoms with Gasteiger partial charge in [0.05, 0.1) is 5.69 Å². The summed E-state index contributed by atoms with van der Waals surface area (Å²) in [6, 6.07) is 3.40. The minimum Gasteiger partial charge on any atom is -0.294 e. The average molecular weight is 264 g/mol. The van der Waals surface area contributed by atoms with Gasteiger partial charge < -0.3 is 0 Å². The SMILES string of the molecule is Cc1sc2nc(-c3cc(F)ccc3F)cn2c1C. The predicted octanol–water partition coefficient (Wildman–Crippen LogP) is 3.96. The summed E-state index contributed by atoms with van der Waals surface area (Å²) in [5.41, 5.74) is 1.73. The molecule has 0 fully saturated rings. The third kappa shape index (κ3) is 1.62. The van der Waals surface area contributed by atoms with E-state index in [9.17, 15) is 8.78 Å². The Hall–Kier alpha value is -1.75. The van der Waals surface area contributed by atoms with Crippen LogP contribution >= 0.6 is 11.3 Å². The van der Waals surface area contributed by atoms with E-state index in [1.165, 1.54) is 22.3 Å². The Bertz CT molecular complexity index is 743. The summed E-state index contributed by atoms with van der Waals surface area (Å²) in [4.78, 5) is 6.31. The van der Waals surface area contributed by atoms with Crippen LogP contribution in [0.25, 0.3) is 16.2 Å². The summed E-state index contributed by atoms with van der Waals surface area (Å²) in [7, 11) is 0. The van der Waals surface area contributed by atoms with Gasteiger partial charge in [0.2, 0.25) is 0 Å². The molecule has 92 valence electrons. The predicted molar refractivity (Wildman–Crippen MR) is 67.9 cm³/mol. The van der Waals surface area contributed by atoms with Crippen molar-refractivity contribution in [2.24, 2.45) is 0 Å². The zero-order chi connectivity index (χ0) is 12.9. The van der Waals surface area contributed by atoms with Crippen LogP contribution in [0.5, 0.6) is 0 Å². The monoisotopic (exact) mass is 264 g/mol. The summed E-state index contributed by atoms with van der Waals surface area (Å²) >= 11 is 1.54. The average Bonchev–Trinajstić information content (AvgIpc) is 2.84. The van der Waals surface area contributed by atoms with Crippen LogP contribution in [0.3, 0.4) is 0 Å². The van der Waals surface area contributed by atoms with E-state index in [2.05, 4.69) is 4.98 Å². The molecule has 2 nitrogen and oxygen atoms in total. The van der Waals surface area contributed by atoms with E-state index < -0.39 is 11.6 Å². The molecule has 0 amide bonds. The topological polar surface area (TPSA) is 17.3 Å². The number of imidazole rings is 1. The molecule has 0 unspecified atom stereocenters. The molecule has 0 bridgehead atoms.